The van der Waals surface area contributed by atoms with Gasteiger partial charge in [0, 0.05) is 12.3 Å². The van der Waals surface area contributed by atoms with E-state index in [1.54, 1.807) is 12.1 Å². The average Bonchev–Trinajstić information content (AvgIpc) is 3.02. The van der Waals surface area contributed by atoms with E-state index in [0.29, 0.717) is 17.2 Å². The molecule has 3 aromatic rings. The third-order valence-electron chi connectivity index (χ3n) is 2.61. The largest absolute Gasteiger partial charge is 0.439 e. The molecule has 0 spiro atoms. The van der Waals surface area contributed by atoms with Gasteiger partial charge in [-0.3, -0.25) is 10.1 Å². The molecule has 21 heavy (non-hydrogen) atoms. The van der Waals surface area contributed by atoms with E-state index >= 15 is 0 Å². The first-order valence-corrected chi connectivity index (χ1v) is 6.17. The maximum absolute atomic E-state index is 11.9. The first kappa shape index (κ1) is 12.8. The number of hydrogen-bond acceptors (Lipinski definition) is 5. The summed E-state index contributed by atoms with van der Waals surface area (Å²) in [5.74, 6) is 1.05. The Morgan fingerprint density at radius 3 is 2.62 bits per heavy atom. The Morgan fingerprint density at radius 1 is 1.10 bits per heavy atom. The Kier molecular flexibility index (Phi) is 3.55. The molecule has 0 aliphatic rings. The molecule has 1 aromatic carbocycles. The Balaban J connectivity index is 1.68. The molecular formula is C14H11N5O2. The van der Waals surface area contributed by atoms with Gasteiger partial charge in [-0.1, -0.05) is 18.2 Å². The van der Waals surface area contributed by atoms with Crippen LogP contribution in [0.2, 0.25) is 0 Å². The van der Waals surface area contributed by atoms with Crippen LogP contribution in [0.25, 0.3) is 0 Å². The molecule has 0 saturated heterocycles. The summed E-state index contributed by atoms with van der Waals surface area (Å²) < 4.78 is 5.55. The van der Waals surface area contributed by atoms with Crippen molar-refractivity contribution in [3.8, 4) is 11.6 Å². The van der Waals surface area contributed by atoms with Gasteiger partial charge in [0.2, 0.25) is 11.8 Å². The number of hydrogen-bond donors (Lipinski definition) is 2. The lowest BCUT2D eigenvalue weighted by atomic mass is 10.2. The molecule has 2 aromatic heterocycles. The van der Waals surface area contributed by atoms with E-state index < -0.39 is 0 Å². The summed E-state index contributed by atoms with van der Waals surface area (Å²) >= 11 is 0. The number of para-hydroxylation sites is 1. The maximum Gasteiger partial charge on any atom is 0.259 e. The van der Waals surface area contributed by atoms with Crippen LogP contribution in [0.1, 0.15) is 10.4 Å². The summed E-state index contributed by atoms with van der Waals surface area (Å²) in [4.78, 5) is 19.8. The van der Waals surface area contributed by atoms with Crippen LogP contribution in [0.4, 0.5) is 5.95 Å². The fraction of sp³-hybridized carbons (Fsp3) is 0. The molecule has 0 unspecified atom stereocenters. The molecule has 2 N–H and O–H groups in total. The molecular weight excluding hydrogens is 270 g/mol. The molecule has 0 radical (unpaired) electrons. The van der Waals surface area contributed by atoms with Crippen molar-refractivity contribution in [2.75, 3.05) is 5.32 Å². The number of rotatable bonds is 4. The molecule has 3 rings (SSSR count). The zero-order valence-electron chi connectivity index (χ0n) is 10.9. The molecule has 0 aliphatic heterocycles. The number of pyridine rings is 1. The maximum atomic E-state index is 11.9. The van der Waals surface area contributed by atoms with Crippen LogP contribution in [-0.4, -0.2) is 26.1 Å². The Morgan fingerprint density at radius 2 is 1.95 bits per heavy atom. The van der Waals surface area contributed by atoms with Crippen molar-refractivity contribution in [2.24, 2.45) is 0 Å². The van der Waals surface area contributed by atoms with Crippen LogP contribution in [0.3, 0.4) is 0 Å². The van der Waals surface area contributed by atoms with Gasteiger partial charge in [-0.15, -0.1) is 0 Å². The molecule has 0 fully saturated rings. The highest BCUT2D eigenvalue weighted by molar-refractivity contribution is 6.03. The second-order valence-corrected chi connectivity index (χ2v) is 4.09. The van der Waals surface area contributed by atoms with Gasteiger partial charge in [-0.25, -0.2) is 10.1 Å². The van der Waals surface area contributed by atoms with Crippen molar-refractivity contribution in [2.45, 2.75) is 0 Å². The van der Waals surface area contributed by atoms with E-state index in [9.17, 15) is 4.79 Å². The van der Waals surface area contributed by atoms with Gasteiger partial charge in [-0.2, -0.15) is 10.1 Å². The summed E-state index contributed by atoms with van der Waals surface area (Å²) in [5.41, 5.74) is 0.395. The summed E-state index contributed by atoms with van der Waals surface area (Å²) in [6, 6.07) is 12.5. The molecule has 7 nitrogen and oxygen atoms in total. The summed E-state index contributed by atoms with van der Waals surface area (Å²) in [6.45, 7) is 0. The second kappa shape index (κ2) is 5.83. The van der Waals surface area contributed by atoms with E-state index in [1.807, 2.05) is 30.3 Å². The van der Waals surface area contributed by atoms with Gasteiger partial charge < -0.3 is 4.74 Å². The van der Waals surface area contributed by atoms with Gasteiger partial charge in [0.05, 0.1) is 5.56 Å². The van der Waals surface area contributed by atoms with Crippen LogP contribution >= 0.6 is 0 Å². The van der Waals surface area contributed by atoms with Crippen LogP contribution in [-0.2, 0) is 0 Å². The van der Waals surface area contributed by atoms with Crippen molar-refractivity contribution >= 4 is 11.9 Å². The van der Waals surface area contributed by atoms with Gasteiger partial charge in [0.15, 0.2) is 0 Å². The third kappa shape index (κ3) is 3.21. The lowest BCUT2D eigenvalue weighted by Crippen LogP contribution is -2.13. The Bertz CT molecular complexity index is 711. The number of aromatic nitrogens is 4. The second-order valence-electron chi connectivity index (χ2n) is 4.09. The highest BCUT2D eigenvalue weighted by Crippen LogP contribution is 2.18. The predicted octanol–water partition coefficient (Wildman–Crippen LogP) is 2.24. The predicted molar refractivity (Wildman–Crippen MR) is 75.1 cm³/mol. The molecule has 2 heterocycles. The van der Waals surface area contributed by atoms with E-state index in [1.165, 1.54) is 12.5 Å². The number of nitrogens with zero attached hydrogens (tertiary/aromatic N) is 3. The number of nitrogens with one attached hydrogen (secondary N) is 2. The molecule has 0 aliphatic carbocycles. The highest BCUT2D eigenvalue weighted by atomic mass is 16.5. The summed E-state index contributed by atoms with van der Waals surface area (Å²) in [6.07, 6.45) is 2.74. The fourth-order valence-corrected chi connectivity index (χ4v) is 1.63. The minimum absolute atomic E-state index is 0.282. The van der Waals surface area contributed by atoms with Gasteiger partial charge in [-0.05, 0) is 18.2 Å². The molecule has 0 saturated carbocycles. The zero-order valence-corrected chi connectivity index (χ0v) is 10.9. The van der Waals surface area contributed by atoms with E-state index in [4.69, 9.17) is 4.74 Å². The van der Waals surface area contributed by atoms with Gasteiger partial charge in [0.25, 0.3) is 5.91 Å². The molecule has 7 heteroatoms. The Labute approximate surface area is 120 Å². The topological polar surface area (TPSA) is 92.8 Å². The van der Waals surface area contributed by atoms with Crippen molar-refractivity contribution in [3.63, 3.8) is 0 Å². The monoisotopic (exact) mass is 281 g/mol. The quantitative estimate of drug-likeness (QED) is 0.765. The third-order valence-corrected chi connectivity index (χ3v) is 2.61. The van der Waals surface area contributed by atoms with E-state index in [2.05, 4.69) is 25.5 Å². The SMILES string of the molecule is O=C(Nc1ncn[nH]1)c1ccc(Oc2ccccc2)nc1. The number of benzene rings is 1. The molecule has 104 valence electrons. The van der Waals surface area contributed by atoms with Crippen LogP contribution < -0.4 is 10.1 Å². The van der Waals surface area contributed by atoms with Gasteiger partial charge >= 0.3 is 0 Å². The van der Waals surface area contributed by atoms with E-state index in [-0.39, 0.29) is 11.9 Å². The summed E-state index contributed by atoms with van der Waals surface area (Å²) in [5, 5.41) is 8.75. The molecule has 0 atom stereocenters. The minimum Gasteiger partial charge on any atom is -0.439 e. The average molecular weight is 281 g/mol. The van der Waals surface area contributed by atoms with Gasteiger partial charge in [0.1, 0.15) is 12.1 Å². The zero-order chi connectivity index (χ0) is 14.5. The number of anilines is 1. The molecule has 0 bridgehead atoms. The standard InChI is InChI=1S/C14H11N5O2/c20-13(18-14-16-9-17-19-14)10-6-7-12(15-8-10)21-11-4-2-1-3-5-11/h1-9H,(H2,16,17,18,19,20). The lowest BCUT2D eigenvalue weighted by molar-refractivity contribution is 0.102. The number of H-pyrrole nitrogens is 1. The van der Waals surface area contributed by atoms with Crippen molar-refractivity contribution in [3.05, 3.63) is 60.6 Å². The van der Waals surface area contributed by atoms with Crippen molar-refractivity contribution in [1.29, 1.82) is 0 Å². The first-order chi connectivity index (χ1) is 10.3. The number of carbonyl (C=O) groups is 1. The first-order valence-electron chi connectivity index (χ1n) is 6.17. The smallest absolute Gasteiger partial charge is 0.259 e. The van der Waals surface area contributed by atoms with Crippen LogP contribution in [0, 0.1) is 0 Å². The highest BCUT2D eigenvalue weighted by Gasteiger charge is 2.08. The number of aromatic amines is 1. The summed E-state index contributed by atoms with van der Waals surface area (Å²) in [7, 11) is 0. The number of ether oxygens (including phenoxy) is 1. The van der Waals surface area contributed by atoms with Crippen molar-refractivity contribution in [1.82, 2.24) is 20.2 Å². The van der Waals surface area contributed by atoms with Crippen molar-refractivity contribution < 1.29 is 9.53 Å². The minimum atomic E-state index is -0.328. The van der Waals surface area contributed by atoms with E-state index in [0.717, 1.165) is 0 Å². The number of carbonyl (C=O) groups excluding carboxylic acids is 1. The van der Waals surface area contributed by atoms with Crippen LogP contribution in [0.15, 0.2) is 55.0 Å². The Hall–Kier alpha value is -3.22. The number of amides is 1. The fourth-order valence-electron chi connectivity index (χ4n) is 1.63. The van der Waals surface area contributed by atoms with Crippen LogP contribution in [0.5, 0.6) is 11.6 Å². The molecule has 1 amide bonds. The lowest BCUT2D eigenvalue weighted by Gasteiger charge is -2.05. The normalized spacial score (nSPS) is 10.1.